The van der Waals surface area contributed by atoms with Crippen molar-refractivity contribution in [2.75, 3.05) is 0 Å². The first-order valence-corrected chi connectivity index (χ1v) is 9.38. The fraction of sp³-hybridized carbons (Fsp3) is 0.286. The van der Waals surface area contributed by atoms with Gasteiger partial charge in [0.15, 0.2) is 0 Å². The van der Waals surface area contributed by atoms with Gasteiger partial charge in [-0.25, -0.2) is 9.13 Å². The summed E-state index contributed by atoms with van der Waals surface area (Å²) in [6.07, 6.45) is 8.82. The Morgan fingerprint density at radius 3 is 1.79 bits per heavy atom. The van der Waals surface area contributed by atoms with Gasteiger partial charge in [-0.15, -0.1) is 0 Å². The van der Waals surface area contributed by atoms with Crippen LogP contribution in [-0.4, -0.2) is 11.8 Å². The van der Waals surface area contributed by atoms with Gasteiger partial charge in [-0.1, -0.05) is 74.5 Å². The molecule has 3 aromatic rings. The molecule has 2 nitrogen and oxygen atoms in total. The predicted octanol–water partition coefficient (Wildman–Crippen LogP) is 6.07. The fourth-order valence-electron chi connectivity index (χ4n) is 3.34. The van der Waals surface area contributed by atoms with Gasteiger partial charge in [-0.3, -0.25) is 0 Å². The van der Waals surface area contributed by atoms with Gasteiger partial charge in [0.25, 0.3) is 0 Å². The molecule has 2 unspecified atom stereocenters. The molecule has 0 spiro atoms. The van der Waals surface area contributed by atoms with E-state index >= 15 is 0 Å². The molecule has 2 aromatic carbocycles. The lowest BCUT2D eigenvalue weighted by atomic mass is 10.0. The smallest absolute Gasteiger partial charge is 0.418 e. The van der Waals surface area contributed by atoms with Crippen LogP contribution in [0.25, 0.3) is 0 Å². The van der Waals surface area contributed by atoms with Crippen LogP contribution in [0, 0.1) is 0 Å². The highest BCUT2D eigenvalue weighted by molar-refractivity contribution is 6.50. The van der Waals surface area contributed by atoms with Crippen molar-refractivity contribution in [2.45, 2.75) is 38.8 Å². The van der Waals surface area contributed by atoms with E-state index in [-0.39, 0.29) is 0 Å². The van der Waals surface area contributed by atoms with Gasteiger partial charge in [-0.2, -0.15) is 0 Å². The number of rotatable bonds is 6. The lowest BCUT2D eigenvalue weighted by molar-refractivity contribution is -0.713. The van der Waals surface area contributed by atoms with E-state index in [9.17, 15) is 17.3 Å². The predicted molar refractivity (Wildman–Crippen MR) is 105 cm³/mol. The highest BCUT2D eigenvalue weighted by atomic mass is 19.5. The largest absolute Gasteiger partial charge is 0.673 e. The second-order valence-corrected chi connectivity index (χ2v) is 6.47. The van der Waals surface area contributed by atoms with Gasteiger partial charge in [-0.05, 0) is 24.0 Å². The summed E-state index contributed by atoms with van der Waals surface area (Å²) in [6.45, 7) is 4.49. The molecule has 0 saturated carbocycles. The Bertz CT molecular complexity index is 751. The molecule has 1 heterocycles. The van der Waals surface area contributed by atoms with E-state index in [0.29, 0.717) is 12.1 Å². The Morgan fingerprint density at radius 2 is 1.32 bits per heavy atom. The Morgan fingerprint density at radius 1 is 0.821 bits per heavy atom. The van der Waals surface area contributed by atoms with Crippen molar-refractivity contribution in [3.8, 4) is 0 Å². The van der Waals surface area contributed by atoms with E-state index < -0.39 is 7.25 Å². The van der Waals surface area contributed by atoms with Crippen molar-refractivity contribution in [2.24, 2.45) is 0 Å². The van der Waals surface area contributed by atoms with Crippen LogP contribution in [0.15, 0.2) is 79.4 Å². The third-order valence-electron chi connectivity index (χ3n) is 4.54. The van der Waals surface area contributed by atoms with Gasteiger partial charge in [0.2, 0.25) is 6.33 Å². The maximum Gasteiger partial charge on any atom is 0.673 e. The van der Waals surface area contributed by atoms with E-state index in [1.165, 1.54) is 11.1 Å². The molecule has 0 bridgehead atoms. The summed E-state index contributed by atoms with van der Waals surface area (Å²) >= 11 is 0. The lowest BCUT2D eigenvalue weighted by Crippen LogP contribution is -2.38. The molecule has 28 heavy (non-hydrogen) atoms. The summed E-state index contributed by atoms with van der Waals surface area (Å²) in [5.41, 5.74) is 2.73. The van der Waals surface area contributed by atoms with E-state index in [1.54, 1.807) is 0 Å². The van der Waals surface area contributed by atoms with Gasteiger partial charge < -0.3 is 17.3 Å². The van der Waals surface area contributed by atoms with Crippen molar-refractivity contribution in [3.63, 3.8) is 0 Å². The Labute approximate surface area is 163 Å². The summed E-state index contributed by atoms with van der Waals surface area (Å²) in [7, 11) is -6.00. The number of imidazole rings is 1. The first-order valence-electron chi connectivity index (χ1n) is 9.38. The maximum absolute atomic E-state index is 9.75. The van der Waals surface area contributed by atoms with Crippen LogP contribution in [-0.2, 0) is 0 Å². The van der Waals surface area contributed by atoms with Crippen molar-refractivity contribution in [3.05, 3.63) is 90.5 Å². The van der Waals surface area contributed by atoms with E-state index in [0.717, 1.165) is 12.8 Å². The molecule has 3 rings (SSSR count). The molecule has 7 heteroatoms. The zero-order valence-electron chi connectivity index (χ0n) is 16.1. The first kappa shape index (κ1) is 21.7. The Kier molecular flexibility index (Phi) is 7.85. The molecule has 0 aliphatic rings. The maximum atomic E-state index is 9.75. The first-order chi connectivity index (χ1) is 13.3. The summed E-state index contributed by atoms with van der Waals surface area (Å²) < 4.78 is 43.7. The Hall–Kier alpha value is -2.57. The van der Waals surface area contributed by atoms with Gasteiger partial charge in [0.05, 0.1) is 0 Å². The second-order valence-electron chi connectivity index (χ2n) is 6.47. The number of aromatic nitrogens is 2. The minimum atomic E-state index is -6.00. The van der Waals surface area contributed by atoms with Crippen LogP contribution in [0.5, 0.6) is 0 Å². The van der Waals surface area contributed by atoms with E-state index in [4.69, 9.17) is 0 Å². The van der Waals surface area contributed by atoms with Crippen LogP contribution in [0.2, 0.25) is 0 Å². The fourth-order valence-corrected chi connectivity index (χ4v) is 3.34. The lowest BCUT2D eigenvalue weighted by Gasteiger charge is -2.13. The molecule has 0 aliphatic heterocycles. The zero-order valence-corrected chi connectivity index (χ0v) is 16.1. The third-order valence-corrected chi connectivity index (χ3v) is 4.54. The molecule has 0 fully saturated rings. The average molecular weight is 392 g/mol. The van der Waals surface area contributed by atoms with Crippen LogP contribution in [0.1, 0.15) is 49.9 Å². The third kappa shape index (κ3) is 6.55. The number of hydrogen-bond acceptors (Lipinski definition) is 0. The van der Waals surface area contributed by atoms with Crippen LogP contribution in [0.4, 0.5) is 17.3 Å². The summed E-state index contributed by atoms with van der Waals surface area (Å²) in [4.78, 5) is 0. The van der Waals surface area contributed by atoms with Crippen molar-refractivity contribution < 1.29 is 21.8 Å². The van der Waals surface area contributed by atoms with Crippen molar-refractivity contribution >= 4 is 7.25 Å². The highest BCUT2D eigenvalue weighted by Gasteiger charge is 2.21. The van der Waals surface area contributed by atoms with Gasteiger partial charge in [0, 0.05) is 0 Å². The van der Waals surface area contributed by atoms with Crippen LogP contribution >= 0.6 is 0 Å². The number of nitrogens with zero attached hydrogens (tertiary/aromatic N) is 2. The quantitative estimate of drug-likeness (QED) is 0.273. The Balaban J connectivity index is 0.000000500. The number of hydrogen-bond donors (Lipinski definition) is 0. The molecule has 0 saturated heterocycles. The normalized spacial score (nSPS) is 13.4. The number of halogens is 4. The topological polar surface area (TPSA) is 8.81 Å². The molecule has 150 valence electrons. The minimum Gasteiger partial charge on any atom is -0.418 e. The molecule has 0 amide bonds. The van der Waals surface area contributed by atoms with Crippen molar-refractivity contribution in [1.29, 1.82) is 0 Å². The summed E-state index contributed by atoms with van der Waals surface area (Å²) in [6, 6.07) is 22.3. The molecule has 0 N–H and O–H groups in total. The average Bonchev–Trinajstić information content (AvgIpc) is 3.13. The van der Waals surface area contributed by atoms with E-state index in [2.05, 4.69) is 102 Å². The minimum absolute atomic E-state index is 0.394. The molecule has 2 atom stereocenters. The number of benzene rings is 2. The van der Waals surface area contributed by atoms with Gasteiger partial charge >= 0.3 is 7.25 Å². The van der Waals surface area contributed by atoms with Crippen molar-refractivity contribution in [1.82, 2.24) is 4.57 Å². The summed E-state index contributed by atoms with van der Waals surface area (Å²) in [5.74, 6) is 0. The SMILES string of the molecule is CCC(c1ccccc1)n1cc[n+](C(CC)c2ccccc2)c1.F[B-](F)(F)F. The van der Waals surface area contributed by atoms with Gasteiger partial charge in [0.1, 0.15) is 24.5 Å². The molecule has 0 aliphatic carbocycles. The standard InChI is InChI=1S/C21H25N2.BF4/c1-3-20(18-11-7-5-8-12-18)22-15-16-23(17-22)21(4-2)19-13-9-6-10-14-19;2-1(3,4)5/h5-17,20-21H,3-4H2,1-2H3;/q+1;-1. The molecular weight excluding hydrogens is 367 g/mol. The second kappa shape index (κ2) is 10.1. The highest BCUT2D eigenvalue weighted by Crippen LogP contribution is 2.22. The van der Waals surface area contributed by atoms with Crippen LogP contribution < -0.4 is 4.57 Å². The molecule has 0 radical (unpaired) electrons. The molecule has 1 aromatic heterocycles. The van der Waals surface area contributed by atoms with E-state index in [1.807, 2.05) is 0 Å². The monoisotopic (exact) mass is 392 g/mol. The molecular formula is C21H25BF4N2. The van der Waals surface area contributed by atoms with Crippen LogP contribution in [0.3, 0.4) is 0 Å². The zero-order chi connectivity index (χ0) is 20.6. The summed E-state index contributed by atoms with van der Waals surface area (Å²) in [5, 5.41) is 0.